The summed E-state index contributed by atoms with van der Waals surface area (Å²) in [5.41, 5.74) is 2.17. The van der Waals surface area contributed by atoms with Crippen molar-refractivity contribution in [3.63, 3.8) is 0 Å². The van der Waals surface area contributed by atoms with E-state index in [1.807, 2.05) is 30.4 Å². The summed E-state index contributed by atoms with van der Waals surface area (Å²) in [6, 6.07) is 5.18. The summed E-state index contributed by atoms with van der Waals surface area (Å²) in [5.74, 6) is -0.326. The van der Waals surface area contributed by atoms with E-state index in [0.29, 0.717) is 11.3 Å². The van der Waals surface area contributed by atoms with Gasteiger partial charge in [0.15, 0.2) is 5.69 Å². The summed E-state index contributed by atoms with van der Waals surface area (Å²) in [6.07, 6.45) is 7.86. The predicted octanol–water partition coefficient (Wildman–Crippen LogP) is 2.24. The Morgan fingerprint density at radius 2 is 2.11 bits per heavy atom. The zero-order valence-corrected chi connectivity index (χ0v) is 10.6. The van der Waals surface area contributed by atoms with E-state index in [-0.39, 0.29) is 17.2 Å². The van der Waals surface area contributed by atoms with Crippen molar-refractivity contribution < 1.29 is 14.2 Å². The summed E-state index contributed by atoms with van der Waals surface area (Å²) in [5, 5.41) is 2.51. The molecule has 0 aromatic heterocycles. The van der Waals surface area contributed by atoms with E-state index in [4.69, 9.17) is 0 Å². The quantitative estimate of drug-likeness (QED) is 0.735. The monoisotopic (exact) mass is 269 g/mol. The smallest absolute Gasteiger partial charge is 0.241 e. The largest absolute Gasteiger partial charge is 0.504 e. The first kappa shape index (κ1) is 10.8. The van der Waals surface area contributed by atoms with E-state index in [1.165, 1.54) is 0 Å². The molecule has 3 aliphatic rings. The molecular formula is C14H9N2O2S+. The molecule has 2 aliphatic heterocycles. The molecule has 92 valence electrons. The van der Waals surface area contributed by atoms with Crippen LogP contribution >= 0.6 is 11.8 Å². The Morgan fingerprint density at radius 1 is 1.21 bits per heavy atom. The average Bonchev–Trinajstić information content (AvgIpc) is 2.42. The van der Waals surface area contributed by atoms with Gasteiger partial charge in [0, 0.05) is 0 Å². The van der Waals surface area contributed by atoms with Gasteiger partial charge < -0.3 is 0 Å². The van der Waals surface area contributed by atoms with Crippen LogP contribution < -0.4 is 5.32 Å². The van der Waals surface area contributed by atoms with Gasteiger partial charge in [-0.05, 0) is 18.2 Å². The van der Waals surface area contributed by atoms with Crippen LogP contribution in [0.1, 0.15) is 10.4 Å². The minimum atomic E-state index is -0.370. The first-order valence-electron chi connectivity index (χ1n) is 5.92. The molecule has 0 radical (unpaired) electrons. The minimum Gasteiger partial charge on any atom is -0.241 e. The van der Waals surface area contributed by atoms with E-state index < -0.39 is 0 Å². The SMILES string of the molecule is O=C1NC(=O)[N+]2=C3C=CC=CC3Sc3cccc1c32. The summed E-state index contributed by atoms with van der Waals surface area (Å²) < 4.78 is 1.62. The first-order valence-corrected chi connectivity index (χ1v) is 6.80. The summed E-state index contributed by atoms with van der Waals surface area (Å²) in [7, 11) is 0. The zero-order chi connectivity index (χ0) is 13.0. The van der Waals surface area contributed by atoms with Crippen LogP contribution in [0.3, 0.4) is 0 Å². The molecular weight excluding hydrogens is 260 g/mol. The molecule has 4 nitrogen and oxygen atoms in total. The summed E-state index contributed by atoms with van der Waals surface area (Å²) in [6.45, 7) is 0. The van der Waals surface area contributed by atoms with Crippen LogP contribution in [0.5, 0.6) is 0 Å². The number of benzene rings is 1. The van der Waals surface area contributed by atoms with Gasteiger partial charge in [-0.25, -0.2) is 4.79 Å². The van der Waals surface area contributed by atoms with Crippen LogP contribution in [0.4, 0.5) is 10.5 Å². The lowest BCUT2D eigenvalue weighted by Crippen LogP contribution is -2.46. The Morgan fingerprint density at radius 3 is 3.00 bits per heavy atom. The topological polar surface area (TPSA) is 49.2 Å². The summed E-state index contributed by atoms with van der Waals surface area (Å²) >= 11 is 1.66. The number of carbonyl (C=O) groups excluding carboxylic acids is 2. The molecule has 3 amide bonds. The van der Waals surface area contributed by atoms with Gasteiger partial charge in [0.2, 0.25) is 0 Å². The number of amides is 3. The fourth-order valence-electron chi connectivity index (χ4n) is 2.55. The molecule has 1 aliphatic carbocycles. The van der Waals surface area contributed by atoms with E-state index in [1.54, 1.807) is 22.4 Å². The lowest BCUT2D eigenvalue weighted by atomic mass is 10.1. The fraction of sp³-hybridized carbons (Fsp3) is 0.0714. The molecule has 1 aromatic rings. The zero-order valence-electron chi connectivity index (χ0n) is 9.79. The Hall–Kier alpha value is -2.14. The number of thioether (sulfide) groups is 1. The first-order chi connectivity index (χ1) is 9.25. The number of nitrogens with one attached hydrogen (secondary N) is 1. The fourth-order valence-corrected chi connectivity index (χ4v) is 3.77. The molecule has 5 heteroatoms. The van der Waals surface area contributed by atoms with Crippen molar-refractivity contribution >= 4 is 35.1 Å². The van der Waals surface area contributed by atoms with E-state index >= 15 is 0 Å². The number of urea groups is 1. The molecule has 1 aromatic carbocycles. The van der Waals surface area contributed by atoms with Crippen LogP contribution in [0.2, 0.25) is 0 Å². The predicted molar refractivity (Wildman–Crippen MR) is 72.2 cm³/mol. The second-order valence-electron chi connectivity index (χ2n) is 4.45. The standard InChI is InChI=1S/C14H8N2O2S/c17-13-8-4-3-7-11-12(8)16(14(18)15-13)9-5-1-2-6-10(9)19-11/h1-7,10H/p+1. The van der Waals surface area contributed by atoms with Gasteiger partial charge in [0.25, 0.3) is 0 Å². The Labute approximate surface area is 113 Å². The number of fused-ring (bicyclic) bond motifs is 1. The van der Waals surface area contributed by atoms with Crippen molar-refractivity contribution in [1.82, 2.24) is 5.32 Å². The number of nitrogens with zero attached hydrogens (tertiary/aromatic N) is 1. The molecule has 4 rings (SSSR count). The van der Waals surface area contributed by atoms with Gasteiger partial charge in [0.05, 0.1) is 10.1 Å². The van der Waals surface area contributed by atoms with Gasteiger partial charge in [-0.15, -0.1) is 11.8 Å². The van der Waals surface area contributed by atoms with Crippen molar-refractivity contribution in [2.24, 2.45) is 0 Å². The minimum absolute atomic E-state index is 0.117. The van der Waals surface area contributed by atoms with Gasteiger partial charge >= 0.3 is 11.9 Å². The normalized spacial score (nSPS) is 23.1. The molecule has 2 heterocycles. The summed E-state index contributed by atoms with van der Waals surface area (Å²) in [4.78, 5) is 25.0. The highest BCUT2D eigenvalue weighted by Crippen LogP contribution is 2.42. The third-order valence-corrected chi connectivity index (χ3v) is 4.59. The van der Waals surface area contributed by atoms with Crippen molar-refractivity contribution in [3.8, 4) is 0 Å². The molecule has 0 spiro atoms. The number of para-hydroxylation sites is 1. The Balaban J connectivity index is 2.09. The highest BCUT2D eigenvalue weighted by atomic mass is 32.2. The lowest BCUT2D eigenvalue weighted by molar-refractivity contribution is -0.338. The second kappa shape index (κ2) is 3.68. The van der Waals surface area contributed by atoms with Crippen molar-refractivity contribution in [2.45, 2.75) is 10.1 Å². The number of hydrogen-bond acceptors (Lipinski definition) is 3. The van der Waals surface area contributed by atoms with Gasteiger partial charge in [-0.2, -0.15) is 14.7 Å². The van der Waals surface area contributed by atoms with E-state index in [9.17, 15) is 9.59 Å². The van der Waals surface area contributed by atoms with Crippen LogP contribution in [0, 0.1) is 0 Å². The van der Waals surface area contributed by atoms with Crippen molar-refractivity contribution in [1.29, 1.82) is 0 Å². The number of imide groups is 1. The maximum atomic E-state index is 12.1. The Kier molecular flexibility index (Phi) is 2.08. The van der Waals surface area contributed by atoms with Crippen LogP contribution in [0.25, 0.3) is 0 Å². The highest BCUT2D eigenvalue weighted by Gasteiger charge is 2.42. The Bertz CT molecular complexity index is 731. The number of allylic oxidation sites excluding steroid dienone is 3. The van der Waals surface area contributed by atoms with Crippen LogP contribution in [-0.4, -0.2) is 27.5 Å². The van der Waals surface area contributed by atoms with Gasteiger partial charge in [0.1, 0.15) is 11.3 Å². The number of rotatable bonds is 0. The molecule has 1 atom stereocenters. The van der Waals surface area contributed by atoms with E-state index in [2.05, 4.69) is 11.4 Å². The molecule has 0 fully saturated rings. The molecule has 0 bridgehead atoms. The third-order valence-electron chi connectivity index (χ3n) is 3.36. The third kappa shape index (κ3) is 1.39. The number of hydrogen-bond donors (Lipinski definition) is 1. The second-order valence-corrected chi connectivity index (χ2v) is 5.64. The molecule has 0 saturated heterocycles. The molecule has 1 unspecified atom stereocenters. The molecule has 19 heavy (non-hydrogen) atoms. The molecule has 0 saturated carbocycles. The van der Waals surface area contributed by atoms with Crippen LogP contribution in [-0.2, 0) is 0 Å². The van der Waals surface area contributed by atoms with Gasteiger partial charge in [-0.3, -0.25) is 0 Å². The van der Waals surface area contributed by atoms with Gasteiger partial charge in [-0.1, -0.05) is 24.3 Å². The van der Waals surface area contributed by atoms with Crippen molar-refractivity contribution in [3.05, 3.63) is 48.1 Å². The average molecular weight is 269 g/mol. The maximum absolute atomic E-state index is 12.1. The van der Waals surface area contributed by atoms with Crippen LogP contribution in [0.15, 0.2) is 47.4 Å². The lowest BCUT2D eigenvalue weighted by Gasteiger charge is -2.27. The number of carbonyl (C=O) groups is 2. The van der Waals surface area contributed by atoms with Crippen molar-refractivity contribution in [2.75, 3.05) is 0 Å². The van der Waals surface area contributed by atoms with E-state index in [0.717, 1.165) is 10.6 Å². The highest BCUT2D eigenvalue weighted by molar-refractivity contribution is 8.01. The molecule has 1 N–H and O–H groups in total. The maximum Gasteiger partial charge on any atom is 0.504 e.